The van der Waals surface area contributed by atoms with E-state index in [2.05, 4.69) is 26.8 Å². The van der Waals surface area contributed by atoms with Crippen LogP contribution in [0.5, 0.6) is 5.75 Å². The lowest BCUT2D eigenvalue weighted by molar-refractivity contribution is -0.128. The summed E-state index contributed by atoms with van der Waals surface area (Å²) in [5, 5.41) is 0. The molecule has 23 heavy (non-hydrogen) atoms. The van der Waals surface area contributed by atoms with Gasteiger partial charge in [0.2, 0.25) is 0 Å². The van der Waals surface area contributed by atoms with Crippen molar-refractivity contribution in [1.29, 1.82) is 0 Å². The standard InChI is InChI=1S/C16H15BrN2O4/c1-11-2-5-14(23-11)8-9-15(20)18-19-16(21)10-22-13-6-3-12(17)4-7-13/h2-9H,10H2,1H3,(H,18,20)(H,19,21)/b9-8+. The van der Waals surface area contributed by atoms with Gasteiger partial charge in [-0.15, -0.1) is 0 Å². The molecule has 0 atom stereocenters. The molecule has 0 saturated heterocycles. The number of aryl methyl sites for hydroxylation is 1. The third-order valence-electron chi connectivity index (χ3n) is 2.67. The number of benzene rings is 1. The van der Waals surface area contributed by atoms with Gasteiger partial charge in [-0.2, -0.15) is 0 Å². The summed E-state index contributed by atoms with van der Waals surface area (Å²) in [5.41, 5.74) is 4.50. The second kappa shape index (κ2) is 8.19. The number of hydrazine groups is 1. The zero-order chi connectivity index (χ0) is 16.7. The number of ether oxygens (including phenoxy) is 1. The van der Waals surface area contributed by atoms with Crippen molar-refractivity contribution in [3.8, 4) is 5.75 Å². The molecule has 2 rings (SSSR count). The Morgan fingerprint density at radius 3 is 2.57 bits per heavy atom. The van der Waals surface area contributed by atoms with E-state index in [9.17, 15) is 9.59 Å². The first-order valence-corrected chi connectivity index (χ1v) is 7.54. The van der Waals surface area contributed by atoms with Crippen molar-refractivity contribution in [3.63, 3.8) is 0 Å². The van der Waals surface area contributed by atoms with Crippen molar-refractivity contribution in [1.82, 2.24) is 10.9 Å². The minimum atomic E-state index is -0.476. The van der Waals surface area contributed by atoms with E-state index in [0.29, 0.717) is 11.5 Å². The number of furan rings is 1. The molecule has 1 aromatic heterocycles. The lowest BCUT2D eigenvalue weighted by atomic mass is 10.3. The van der Waals surface area contributed by atoms with E-state index in [4.69, 9.17) is 9.15 Å². The van der Waals surface area contributed by atoms with Gasteiger partial charge in [-0.3, -0.25) is 20.4 Å². The maximum absolute atomic E-state index is 11.6. The number of halogens is 1. The van der Waals surface area contributed by atoms with E-state index >= 15 is 0 Å². The number of amides is 2. The van der Waals surface area contributed by atoms with Gasteiger partial charge in [0.05, 0.1) is 0 Å². The molecule has 2 N–H and O–H groups in total. The van der Waals surface area contributed by atoms with Gasteiger partial charge in [0.15, 0.2) is 6.61 Å². The molecule has 0 radical (unpaired) electrons. The topological polar surface area (TPSA) is 80.6 Å². The number of carbonyl (C=O) groups excluding carboxylic acids is 2. The number of nitrogens with one attached hydrogen (secondary N) is 2. The van der Waals surface area contributed by atoms with Crippen LogP contribution < -0.4 is 15.6 Å². The lowest BCUT2D eigenvalue weighted by Crippen LogP contribution is -2.43. The van der Waals surface area contributed by atoms with Crippen molar-refractivity contribution in [2.45, 2.75) is 6.92 Å². The first kappa shape index (κ1) is 16.8. The summed E-state index contributed by atoms with van der Waals surface area (Å²) < 4.78 is 11.5. The summed E-state index contributed by atoms with van der Waals surface area (Å²) in [7, 11) is 0. The maximum Gasteiger partial charge on any atom is 0.276 e. The molecule has 6 nitrogen and oxygen atoms in total. The van der Waals surface area contributed by atoms with Crippen LogP contribution in [-0.2, 0) is 9.59 Å². The van der Waals surface area contributed by atoms with Crippen LogP contribution in [0.25, 0.3) is 6.08 Å². The fraction of sp³-hybridized carbons (Fsp3) is 0.125. The molecule has 0 bridgehead atoms. The molecular weight excluding hydrogens is 364 g/mol. The quantitative estimate of drug-likeness (QED) is 0.618. The van der Waals surface area contributed by atoms with Crippen LogP contribution in [0.2, 0.25) is 0 Å². The first-order valence-electron chi connectivity index (χ1n) is 6.74. The summed E-state index contributed by atoms with van der Waals surface area (Å²) in [6.45, 7) is 1.60. The van der Waals surface area contributed by atoms with Crippen LogP contribution in [0, 0.1) is 6.92 Å². The summed E-state index contributed by atoms with van der Waals surface area (Å²) in [6, 6.07) is 10.6. The zero-order valence-corrected chi connectivity index (χ0v) is 13.9. The summed E-state index contributed by atoms with van der Waals surface area (Å²) >= 11 is 3.30. The number of rotatable bonds is 5. The Balaban J connectivity index is 1.70. The van der Waals surface area contributed by atoms with Gasteiger partial charge in [-0.05, 0) is 49.4 Å². The molecule has 2 aromatic rings. The van der Waals surface area contributed by atoms with Crippen LogP contribution in [0.3, 0.4) is 0 Å². The van der Waals surface area contributed by atoms with Crippen molar-refractivity contribution < 1.29 is 18.7 Å². The third kappa shape index (κ3) is 5.99. The average Bonchev–Trinajstić information content (AvgIpc) is 2.96. The van der Waals surface area contributed by atoms with Crippen LogP contribution in [0.1, 0.15) is 11.5 Å². The molecule has 1 aromatic carbocycles. The van der Waals surface area contributed by atoms with E-state index in [1.807, 2.05) is 6.92 Å². The Kier molecular flexibility index (Phi) is 5.99. The smallest absolute Gasteiger partial charge is 0.276 e. The van der Waals surface area contributed by atoms with Gasteiger partial charge < -0.3 is 9.15 Å². The molecule has 2 amide bonds. The van der Waals surface area contributed by atoms with E-state index in [0.717, 1.165) is 10.2 Å². The van der Waals surface area contributed by atoms with Gasteiger partial charge in [0, 0.05) is 10.5 Å². The molecule has 0 spiro atoms. The highest BCUT2D eigenvalue weighted by molar-refractivity contribution is 9.10. The molecule has 0 fully saturated rings. The Morgan fingerprint density at radius 2 is 1.91 bits per heavy atom. The summed E-state index contributed by atoms with van der Waals surface area (Å²) in [4.78, 5) is 23.1. The molecule has 0 unspecified atom stereocenters. The van der Waals surface area contributed by atoms with Crippen LogP contribution in [-0.4, -0.2) is 18.4 Å². The Morgan fingerprint density at radius 1 is 1.17 bits per heavy atom. The molecular formula is C16H15BrN2O4. The number of carbonyl (C=O) groups is 2. The van der Waals surface area contributed by atoms with E-state index < -0.39 is 11.8 Å². The SMILES string of the molecule is Cc1ccc(/C=C/C(=O)NNC(=O)COc2ccc(Br)cc2)o1. The Hall–Kier alpha value is -2.54. The molecule has 1 heterocycles. The summed E-state index contributed by atoms with van der Waals surface area (Å²) in [5.74, 6) is 0.924. The molecule has 0 aliphatic carbocycles. The average molecular weight is 379 g/mol. The minimum absolute atomic E-state index is 0.205. The van der Waals surface area contributed by atoms with Gasteiger partial charge in [-0.1, -0.05) is 15.9 Å². The maximum atomic E-state index is 11.6. The molecule has 0 aliphatic rings. The molecule has 0 aliphatic heterocycles. The van der Waals surface area contributed by atoms with Gasteiger partial charge in [0.1, 0.15) is 17.3 Å². The Bertz CT molecular complexity index is 707. The van der Waals surface area contributed by atoms with E-state index in [1.54, 1.807) is 36.4 Å². The molecule has 7 heteroatoms. The van der Waals surface area contributed by atoms with Crippen molar-refractivity contribution >= 4 is 33.8 Å². The predicted octanol–water partition coefficient (Wildman–Crippen LogP) is 2.59. The van der Waals surface area contributed by atoms with Crippen molar-refractivity contribution in [2.75, 3.05) is 6.61 Å². The summed E-state index contributed by atoms with van der Waals surface area (Å²) in [6.07, 6.45) is 2.76. The minimum Gasteiger partial charge on any atom is -0.484 e. The second-order valence-corrected chi connectivity index (χ2v) is 5.48. The van der Waals surface area contributed by atoms with Crippen LogP contribution >= 0.6 is 15.9 Å². The van der Waals surface area contributed by atoms with Gasteiger partial charge in [0.25, 0.3) is 11.8 Å². The highest BCUT2D eigenvalue weighted by Crippen LogP contribution is 2.15. The largest absolute Gasteiger partial charge is 0.484 e. The monoisotopic (exact) mass is 378 g/mol. The molecule has 0 saturated carbocycles. The zero-order valence-electron chi connectivity index (χ0n) is 12.3. The van der Waals surface area contributed by atoms with E-state index in [-0.39, 0.29) is 6.61 Å². The highest BCUT2D eigenvalue weighted by Gasteiger charge is 2.04. The van der Waals surface area contributed by atoms with Gasteiger partial charge >= 0.3 is 0 Å². The van der Waals surface area contributed by atoms with Crippen LogP contribution in [0.15, 0.2) is 51.4 Å². The number of hydrogen-bond acceptors (Lipinski definition) is 4. The highest BCUT2D eigenvalue weighted by atomic mass is 79.9. The van der Waals surface area contributed by atoms with E-state index in [1.165, 1.54) is 12.2 Å². The fourth-order valence-electron chi connectivity index (χ4n) is 1.59. The van der Waals surface area contributed by atoms with Crippen LogP contribution in [0.4, 0.5) is 0 Å². The van der Waals surface area contributed by atoms with Crippen molar-refractivity contribution in [3.05, 3.63) is 58.5 Å². The number of hydrogen-bond donors (Lipinski definition) is 2. The van der Waals surface area contributed by atoms with Gasteiger partial charge in [-0.25, -0.2) is 0 Å². The van der Waals surface area contributed by atoms with Crippen molar-refractivity contribution in [2.24, 2.45) is 0 Å². The predicted molar refractivity (Wildman–Crippen MR) is 88.4 cm³/mol. The Labute approximate surface area is 141 Å². The molecule has 120 valence electrons. The first-order chi connectivity index (χ1) is 11.0. The normalized spacial score (nSPS) is 10.5. The lowest BCUT2D eigenvalue weighted by Gasteiger charge is -2.07. The second-order valence-electron chi connectivity index (χ2n) is 4.56. The third-order valence-corrected chi connectivity index (χ3v) is 3.20. The fourth-order valence-corrected chi connectivity index (χ4v) is 1.85.